The summed E-state index contributed by atoms with van der Waals surface area (Å²) in [5.74, 6) is 1.08. The maximum atomic E-state index is 13.5. The fourth-order valence-electron chi connectivity index (χ4n) is 4.35. The van der Waals surface area contributed by atoms with Crippen molar-refractivity contribution in [3.05, 3.63) is 78.1 Å². The average Bonchev–Trinajstić information content (AvgIpc) is 3.29. The summed E-state index contributed by atoms with van der Waals surface area (Å²) in [6, 6.07) is 17.7. The van der Waals surface area contributed by atoms with Gasteiger partial charge in [0, 0.05) is 29.3 Å². The van der Waals surface area contributed by atoms with Crippen molar-refractivity contribution < 1.29 is 24.9 Å². The third-order valence-corrected chi connectivity index (χ3v) is 7.52. The van der Waals surface area contributed by atoms with Crippen LogP contribution in [0.5, 0.6) is 5.75 Å². The molecule has 1 saturated carbocycles. The number of unbranched alkanes of at least 4 members (excludes halogenated alkanes) is 2. The molecule has 0 bridgehead atoms. The molecule has 1 unspecified atom stereocenters. The van der Waals surface area contributed by atoms with Gasteiger partial charge in [0.1, 0.15) is 11.5 Å². The SMILES string of the molecule is [2H]C1(N(Cc2ccccc2OCCCCCC2SC(=O)NC2=O)C(=O)c2ccc(-c3ccco3)cc2)CC1. The zero-order valence-electron chi connectivity index (χ0n) is 21.5. The second-order valence-electron chi connectivity index (χ2n) is 9.20. The lowest BCUT2D eigenvalue weighted by Crippen LogP contribution is -2.32. The number of carbonyl (C=O) groups is 3. The molecule has 2 aliphatic rings. The number of rotatable bonds is 12. The van der Waals surface area contributed by atoms with Crippen LogP contribution in [0.15, 0.2) is 71.3 Å². The standard InChI is InChI=1S/C29H30N2O5S/c32-27-26(37-29(34)30-27)10-2-1-5-17-35-25-8-4-3-7-22(25)19-31(23-15-16-23)28(33)21-13-11-20(12-14-21)24-9-6-18-36-24/h3-4,6-9,11-14,18,23,26H,1-2,5,10,15-17,19H2,(H,30,32,34)/i23D. The summed E-state index contributed by atoms with van der Waals surface area (Å²) in [4.78, 5) is 38.1. The van der Waals surface area contributed by atoms with Crippen LogP contribution < -0.4 is 10.1 Å². The molecule has 1 aromatic heterocycles. The molecule has 1 aliphatic heterocycles. The summed E-state index contributed by atoms with van der Waals surface area (Å²) >= 11 is 1.07. The summed E-state index contributed by atoms with van der Waals surface area (Å²) in [5, 5.41) is 1.77. The molecule has 192 valence electrons. The molecule has 7 nitrogen and oxygen atoms in total. The van der Waals surface area contributed by atoms with E-state index >= 15 is 0 Å². The Hall–Kier alpha value is -3.52. The highest BCUT2D eigenvalue weighted by Crippen LogP contribution is 2.32. The van der Waals surface area contributed by atoms with Crippen molar-refractivity contribution in [3.63, 3.8) is 0 Å². The molecular weight excluding hydrogens is 488 g/mol. The van der Waals surface area contributed by atoms with Crippen LogP contribution in [0.3, 0.4) is 0 Å². The number of ether oxygens (including phenoxy) is 1. The zero-order chi connectivity index (χ0) is 26.5. The summed E-state index contributed by atoms with van der Waals surface area (Å²) < 4.78 is 20.3. The van der Waals surface area contributed by atoms with Gasteiger partial charge in [0.25, 0.3) is 11.1 Å². The zero-order valence-corrected chi connectivity index (χ0v) is 21.3. The van der Waals surface area contributed by atoms with Crippen molar-refractivity contribution in [1.82, 2.24) is 10.2 Å². The second kappa shape index (κ2) is 11.7. The Kier molecular flexibility index (Phi) is 7.53. The third kappa shape index (κ3) is 6.43. The smallest absolute Gasteiger partial charge is 0.286 e. The maximum Gasteiger partial charge on any atom is 0.286 e. The quantitative estimate of drug-likeness (QED) is 0.293. The summed E-state index contributed by atoms with van der Waals surface area (Å²) in [7, 11) is 0. The van der Waals surface area contributed by atoms with E-state index in [-0.39, 0.29) is 22.3 Å². The van der Waals surface area contributed by atoms with Gasteiger partial charge in [-0.05, 0) is 56.0 Å². The number of furan rings is 1. The molecule has 2 aromatic carbocycles. The van der Waals surface area contributed by atoms with E-state index in [1.165, 1.54) is 0 Å². The predicted molar refractivity (Wildman–Crippen MR) is 142 cm³/mol. The number of para-hydroxylation sites is 1. The van der Waals surface area contributed by atoms with E-state index in [1.54, 1.807) is 23.3 Å². The molecule has 1 aliphatic carbocycles. The van der Waals surface area contributed by atoms with E-state index in [0.717, 1.165) is 47.9 Å². The molecule has 5 rings (SSSR count). The first-order valence-corrected chi connectivity index (χ1v) is 13.5. The van der Waals surface area contributed by atoms with Crippen LogP contribution in [0.4, 0.5) is 4.79 Å². The van der Waals surface area contributed by atoms with E-state index in [0.29, 0.717) is 43.7 Å². The Morgan fingerprint density at radius 2 is 1.86 bits per heavy atom. The second-order valence-corrected chi connectivity index (χ2v) is 10.4. The molecule has 2 heterocycles. The van der Waals surface area contributed by atoms with Gasteiger partial charge in [0.2, 0.25) is 5.91 Å². The first-order valence-electron chi connectivity index (χ1n) is 13.1. The number of benzene rings is 2. The van der Waals surface area contributed by atoms with Gasteiger partial charge in [-0.1, -0.05) is 54.9 Å². The molecular formula is C29H30N2O5S. The number of hydrogen-bond acceptors (Lipinski definition) is 6. The fraction of sp³-hybridized carbons (Fsp3) is 0.345. The Bertz CT molecular complexity index is 1290. The number of nitrogens with zero attached hydrogens (tertiary/aromatic N) is 1. The van der Waals surface area contributed by atoms with Crippen molar-refractivity contribution in [1.29, 1.82) is 0 Å². The van der Waals surface area contributed by atoms with Crippen LogP contribution in [0, 0.1) is 0 Å². The van der Waals surface area contributed by atoms with Crippen molar-refractivity contribution in [2.45, 2.75) is 56.3 Å². The van der Waals surface area contributed by atoms with Crippen LogP contribution in [-0.4, -0.2) is 39.8 Å². The highest BCUT2D eigenvalue weighted by atomic mass is 32.2. The molecule has 8 heteroatoms. The molecule has 1 atom stereocenters. The maximum absolute atomic E-state index is 13.5. The van der Waals surface area contributed by atoms with Gasteiger partial charge in [-0.15, -0.1) is 0 Å². The lowest BCUT2D eigenvalue weighted by molar-refractivity contribution is -0.119. The molecule has 2 fully saturated rings. The van der Waals surface area contributed by atoms with E-state index < -0.39 is 6.02 Å². The van der Waals surface area contributed by atoms with E-state index in [2.05, 4.69) is 5.32 Å². The first kappa shape index (κ1) is 23.9. The molecule has 3 aromatic rings. The fourth-order valence-corrected chi connectivity index (χ4v) is 5.22. The number of amides is 3. The Morgan fingerprint density at radius 1 is 1.05 bits per heavy atom. The lowest BCUT2D eigenvalue weighted by atomic mass is 10.1. The number of carbonyl (C=O) groups excluding carboxylic acids is 3. The topological polar surface area (TPSA) is 88.9 Å². The van der Waals surface area contributed by atoms with Crippen LogP contribution in [0.1, 0.15) is 55.8 Å². The normalized spacial score (nSPS) is 18.3. The van der Waals surface area contributed by atoms with Crippen molar-refractivity contribution in [2.24, 2.45) is 0 Å². The van der Waals surface area contributed by atoms with Crippen molar-refractivity contribution >= 4 is 28.8 Å². The summed E-state index contributed by atoms with van der Waals surface area (Å²) in [6.07, 6.45) is 6.12. The third-order valence-electron chi connectivity index (χ3n) is 6.47. The number of hydrogen-bond donors (Lipinski definition) is 1. The van der Waals surface area contributed by atoms with Gasteiger partial charge in [-0.3, -0.25) is 19.7 Å². The minimum Gasteiger partial charge on any atom is -0.493 e. The van der Waals surface area contributed by atoms with Crippen LogP contribution in [0.2, 0.25) is 0 Å². The van der Waals surface area contributed by atoms with E-state index in [4.69, 9.17) is 10.5 Å². The van der Waals surface area contributed by atoms with E-state index in [1.807, 2.05) is 48.5 Å². The van der Waals surface area contributed by atoms with Crippen molar-refractivity contribution in [3.8, 4) is 17.1 Å². The molecule has 0 radical (unpaired) electrons. The van der Waals surface area contributed by atoms with Gasteiger partial charge in [-0.25, -0.2) is 0 Å². The Balaban J connectivity index is 1.18. The van der Waals surface area contributed by atoms with Gasteiger partial charge in [0.05, 0.1) is 19.5 Å². The van der Waals surface area contributed by atoms with Gasteiger partial charge in [-0.2, -0.15) is 0 Å². The monoisotopic (exact) mass is 519 g/mol. The number of thioether (sulfide) groups is 1. The minimum absolute atomic E-state index is 0.175. The predicted octanol–water partition coefficient (Wildman–Crippen LogP) is 6.04. The Morgan fingerprint density at radius 3 is 2.57 bits per heavy atom. The minimum atomic E-state index is -0.907. The van der Waals surface area contributed by atoms with Crippen LogP contribution in [0.25, 0.3) is 11.3 Å². The Labute approximate surface area is 222 Å². The highest BCUT2D eigenvalue weighted by Gasteiger charge is 2.34. The van der Waals surface area contributed by atoms with E-state index in [9.17, 15) is 14.4 Å². The van der Waals surface area contributed by atoms with Gasteiger partial charge >= 0.3 is 0 Å². The molecule has 3 amide bonds. The van der Waals surface area contributed by atoms with Gasteiger partial charge in [0.15, 0.2) is 0 Å². The summed E-state index contributed by atoms with van der Waals surface area (Å²) in [6.45, 7) is 0.800. The lowest BCUT2D eigenvalue weighted by Gasteiger charge is -2.24. The number of nitrogens with one attached hydrogen (secondary N) is 1. The van der Waals surface area contributed by atoms with Gasteiger partial charge < -0.3 is 14.1 Å². The summed E-state index contributed by atoms with van der Waals surface area (Å²) in [5.41, 5.74) is 2.29. The van der Waals surface area contributed by atoms with Crippen molar-refractivity contribution in [2.75, 3.05) is 6.61 Å². The van der Waals surface area contributed by atoms with Crippen LogP contribution in [-0.2, 0) is 11.3 Å². The number of imide groups is 1. The first-order chi connectivity index (χ1) is 18.4. The molecule has 0 spiro atoms. The molecule has 37 heavy (non-hydrogen) atoms. The molecule has 1 saturated heterocycles. The average molecular weight is 520 g/mol. The molecule has 1 N–H and O–H groups in total. The highest BCUT2D eigenvalue weighted by molar-refractivity contribution is 8.15. The largest absolute Gasteiger partial charge is 0.493 e. The van der Waals surface area contributed by atoms with Crippen LogP contribution >= 0.6 is 11.8 Å².